The zero-order chi connectivity index (χ0) is 13.5. The van der Waals surface area contributed by atoms with Crippen LogP contribution in [0.1, 0.15) is 57.8 Å². The summed E-state index contributed by atoms with van der Waals surface area (Å²) >= 11 is 0. The molecular formula is C15H23NO3. The van der Waals surface area contributed by atoms with Crippen molar-refractivity contribution in [3.63, 3.8) is 0 Å². The zero-order valence-corrected chi connectivity index (χ0v) is 11.4. The molecule has 4 nitrogen and oxygen atoms in total. The van der Waals surface area contributed by atoms with E-state index in [1.165, 1.54) is 12.8 Å². The summed E-state index contributed by atoms with van der Waals surface area (Å²) in [5.74, 6) is 0.181. The number of carbonyl (C=O) groups excluding carboxylic acids is 1. The number of carboxylic acid groups (broad SMARTS) is 1. The molecule has 0 aromatic carbocycles. The second-order valence-electron chi connectivity index (χ2n) is 6.83. The number of aliphatic carboxylic acids is 1. The summed E-state index contributed by atoms with van der Waals surface area (Å²) < 4.78 is 0. The van der Waals surface area contributed by atoms with E-state index in [1.54, 1.807) is 0 Å². The van der Waals surface area contributed by atoms with Gasteiger partial charge < -0.3 is 10.0 Å². The summed E-state index contributed by atoms with van der Waals surface area (Å²) in [4.78, 5) is 25.6. The van der Waals surface area contributed by atoms with Crippen molar-refractivity contribution in [1.82, 2.24) is 4.90 Å². The van der Waals surface area contributed by atoms with Gasteiger partial charge in [0.05, 0.1) is 6.42 Å². The van der Waals surface area contributed by atoms with E-state index in [0.717, 1.165) is 38.6 Å². The quantitative estimate of drug-likeness (QED) is 0.849. The summed E-state index contributed by atoms with van der Waals surface area (Å²) in [6, 6.07) is 0.459. The summed E-state index contributed by atoms with van der Waals surface area (Å²) in [5.41, 5.74) is -0.245. The highest BCUT2D eigenvalue weighted by Crippen LogP contribution is 2.46. The second kappa shape index (κ2) is 4.80. The lowest BCUT2D eigenvalue weighted by molar-refractivity contribution is -0.142. The van der Waals surface area contributed by atoms with E-state index in [4.69, 9.17) is 5.11 Å². The predicted octanol–water partition coefficient (Wildman–Crippen LogP) is 2.42. The average molecular weight is 265 g/mol. The van der Waals surface area contributed by atoms with E-state index >= 15 is 0 Å². The summed E-state index contributed by atoms with van der Waals surface area (Å²) in [6.07, 6.45) is 8.21. The third kappa shape index (κ3) is 2.49. The Morgan fingerprint density at radius 3 is 2.42 bits per heavy atom. The van der Waals surface area contributed by atoms with Gasteiger partial charge in [0.15, 0.2) is 0 Å². The standard InChI is InChI=1S/C15H23NO3/c17-13(16-10-11-3-4-12(16)7-11)8-15(9-14(18)19)5-1-2-6-15/h11-12H,1-10H2,(H,18,19). The number of amides is 1. The van der Waals surface area contributed by atoms with Gasteiger partial charge in [0.25, 0.3) is 0 Å². The smallest absolute Gasteiger partial charge is 0.303 e. The van der Waals surface area contributed by atoms with Gasteiger partial charge >= 0.3 is 5.97 Å². The number of hydrogen-bond donors (Lipinski definition) is 1. The SMILES string of the molecule is O=C(O)CC1(CC(=O)N2CC3CCC2C3)CCCC1. The van der Waals surface area contributed by atoms with E-state index in [2.05, 4.69) is 4.90 Å². The number of rotatable bonds is 4. The van der Waals surface area contributed by atoms with Crippen molar-refractivity contribution < 1.29 is 14.7 Å². The Bertz CT molecular complexity index is 387. The van der Waals surface area contributed by atoms with Gasteiger partial charge in [-0.2, -0.15) is 0 Å². The summed E-state index contributed by atoms with van der Waals surface area (Å²) in [6.45, 7) is 0.923. The molecule has 0 radical (unpaired) electrons. The van der Waals surface area contributed by atoms with Crippen LogP contribution in [0.4, 0.5) is 0 Å². The molecule has 2 unspecified atom stereocenters. The number of nitrogens with zero attached hydrogens (tertiary/aromatic N) is 1. The van der Waals surface area contributed by atoms with E-state index in [0.29, 0.717) is 18.4 Å². The fourth-order valence-corrected chi connectivity index (χ4v) is 4.51. The van der Waals surface area contributed by atoms with Gasteiger partial charge in [-0.15, -0.1) is 0 Å². The molecule has 1 heterocycles. The fraction of sp³-hybridized carbons (Fsp3) is 0.867. The Balaban J connectivity index is 1.65. The first kappa shape index (κ1) is 12.9. The molecular weight excluding hydrogens is 242 g/mol. The maximum absolute atomic E-state index is 12.5. The Morgan fingerprint density at radius 2 is 1.89 bits per heavy atom. The van der Waals surface area contributed by atoms with E-state index in [9.17, 15) is 9.59 Å². The monoisotopic (exact) mass is 265 g/mol. The molecule has 2 aliphatic carbocycles. The minimum atomic E-state index is -0.752. The molecule has 19 heavy (non-hydrogen) atoms. The molecule has 2 atom stereocenters. The molecule has 106 valence electrons. The number of carboxylic acids is 1. The third-order valence-electron chi connectivity index (χ3n) is 5.45. The van der Waals surface area contributed by atoms with Gasteiger partial charge in [-0.3, -0.25) is 9.59 Å². The molecule has 1 aliphatic heterocycles. The minimum absolute atomic E-state index is 0.167. The maximum Gasteiger partial charge on any atom is 0.303 e. The van der Waals surface area contributed by atoms with Gasteiger partial charge in [0.2, 0.25) is 5.91 Å². The first-order chi connectivity index (χ1) is 9.08. The van der Waals surface area contributed by atoms with Crippen molar-refractivity contribution in [2.24, 2.45) is 11.3 Å². The van der Waals surface area contributed by atoms with Crippen LogP contribution in [0.25, 0.3) is 0 Å². The van der Waals surface area contributed by atoms with Crippen molar-refractivity contribution in [3.05, 3.63) is 0 Å². The fourth-order valence-electron chi connectivity index (χ4n) is 4.51. The van der Waals surface area contributed by atoms with Gasteiger partial charge in [0.1, 0.15) is 0 Å². The van der Waals surface area contributed by atoms with Crippen molar-refractivity contribution >= 4 is 11.9 Å². The largest absolute Gasteiger partial charge is 0.481 e. The van der Waals surface area contributed by atoms with Gasteiger partial charge in [-0.05, 0) is 43.4 Å². The molecule has 2 bridgehead atoms. The number of hydrogen-bond acceptors (Lipinski definition) is 2. The molecule has 1 saturated heterocycles. The molecule has 4 heteroatoms. The third-order valence-corrected chi connectivity index (χ3v) is 5.45. The van der Waals surface area contributed by atoms with Crippen molar-refractivity contribution in [3.8, 4) is 0 Å². The molecule has 2 saturated carbocycles. The van der Waals surface area contributed by atoms with Crippen LogP contribution in [0.5, 0.6) is 0 Å². The minimum Gasteiger partial charge on any atom is -0.481 e. The highest BCUT2D eigenvalue weighted by atomic mass is 16.4. The molecule has 3 fully saturated rings. The molecule has 0 spiro atoms. The lowest BCUT2D eigenvalue weighted by Crippen LogP contribution is -2.40. The molecule has 0 aromatic heterocycles. The molecule has 1 amide bonds. The first-order valence-electron chi connectivity index (χ1n) is 7.59. The predicted molar refractivity (Wildman–Crippen MR) is 70.6 cm³/mol. The number of carbonyl (C=O) groups is 2. The average Bonchev–Trinajstić information content (AvgIpc) is 3.03. The number of likely N-dealkylation sites (tertiary alicyclic amines) is 1. The molecule has 3 aliphatic rings. The Hall–Kier alpha value is -1.06. The van der Waals surface area contributed by atoms with Gasteiger partial charge in [-0.25, -0.2) is 0 Å². The Labute approximate surface area is 114 Å². The van der Waals surface area contributed by atoms with Crippen LogP contribution >= 0.6 is 0 Å². The molecule has 3 rings (SSSR count). The van der Waals surface area contributed by atoms with Crippen LogP contribution in [-0.4, -0.2) is 34.5 Å². The zero-order valence-electron chi connectivity index (χ0n) is 11.4. The van der Waals surface area contributed by atoms with Crippen molar-refractivity contribution in [2.45, 2.75) is 63.8 Å². The number of piperidine rings is 1. The van der Waals surface area contributed by atoms with Gasteiger partial charge in [-0.1, -0.05) is 12.8 Å². The molecule has 0 aromatic rings. The van der Waals surface area contributed by atoms with E-state index in [1.807, 2.05) is 0 Å². The van der Waals surface area contributed by atoms with Crippen molar-refractivity contribution in [2.75, 3.05) is 6.54 Å². The summed E-state index contributed by atoms with van der Waals surface area (Å²) in [7, 11) is 0. The highest BCUT2D eigenvalue weighted by molar-refractivity contribution is 5.79. The normalized spacial score (nSPS) is 31.9. The van der Waals surface area contributed by atoms with Gasteiger partial charge in [0, 0.05) is 19.0 Å². The van der Waals surface area contributed by atoms with Crippen LogP contribution in [0.2, 0.25) is 0 Å². The number of fused-ring (bicyclic) bond motifs is 2. The van der Waals surface area contributed by atoms with Crippen molar-refractivity contribution in [1.29, 1.82) is 0 Å². The Morgan fingerprint density at radius 1 is 1.16 bits per heavy atom. The van der Waals surface area contributed by atoms with Crippen LogP contribution in [-0.2, 0) is 9.59 Å². The van der Waals surface area contributed by atoms with E-state index < -0.39 is 5.97 Å². The van der Waals surface area contributed by atoms with E-state index in [-0.39, 0.29) is 17.7 Å². The molecule has 1 N–H and O–H groups in total. The Kier molecular flexibility index (Phi) is 3.27. The van der Waals surface area contributed by atoms with Crippen LogP contribution in [0.3, 0.4) is 0 Å². The lowest BCUT2D eigenvalue weighted by Gasteiger charge is -2.32. The first-order valence-corrected chi connectivity index (χ1v) is 7.59. The maximum atomic E-state index is 12.5. The van der Waals surface area contributed by atoms with Crippen LogP contribution in [0.15, 0.2) is 0 Å². The summed E-state index contributed by atoms with van der Waals surface area (Å²) in [5, 5.41) is 9.10. The van der Waals surface area contributed by atoms with Crippen LogP contribution in [0, 0.1) is 11.3 Å². The lowest BCUT2D eigenvalue weighted by atomic mass is 9.79. The topological polar surface area (TPSA) is 57.6 Å². The van der Waals surface area contributed by atoms with Crippen LogP contribution < -0.4 is 0 Å². The highest BCUT2D eigenvalue weighted by Gasteiger charge is 2.44. The second-order valence-corrected chi connectivity index (χ2v) is 6.83.